The number of aliphatic hydroxyl groups is 1. The molecule has 6 rings (SSSR count). The van der Waals surface area contributed by atoms with E-state index in [4.69, 9.17) is 4.74 Å². The van der Waals surface area contributed by atoms with Gasteiger partial charge in [0.2, 0.25) is 17.7 Å². The fourth-order valence-electron chi connectivity index (χ4n) is 7.22. The van der Waals surface area contributed by atoms with E-state index >= 15 is 0 Å². The molecule has 3 heterocycles. The number of nitrogens with zero attached hydrogens (tertiary/aromatic N) is 1. The van der Waals surface area contributed by atoms with Crippen molar-refractivity contribution in [3.8, 4) is 0 Å². The number of nitrogens with one attached hydrogen (secondary N) is 2. The van der Waals surface area contributed by atoms with Gasteiger partial charge in [-0.15, -0.1) is 0 Å². The van der Waals surface area contributed by atoms with E-state index in [1.165, 1.54) is 4.90 Å². The number of benzene rings is 3. The Morgan fingerprint density at radius 1 is 0.927 bits per heavy atom. The first kappa shape index (κ1) is 27.2. The van der Waals surface area contributed by atoms with E-state index < -0.39 is 35.1 Å². The number of carbonyl (C=O) groups excluding carboxylic acids is 3. The van der Waals surface area contributed by atoms with Gasteiger partial charge in [0.15, 0.2) is 0 Å². The van der Waals surface area contributed by atoms with Crippen molar-refractivity contribution in [2.45, 2.75) is 56.0 Å². The molecule has 3 aromatic carbocycles. The zero-order chi connectivity index (χ0) is 28.6. The molecular formula is C33H35N3O5. The number of rotatable bonds is 9. The van der Waals surface area contributed by atoms with Crippen molar-refractivity contribution >= 4 is 23.4 Å². The molecule has 8 nitrogen and oxygen atoms in total. The highest BCUT2D eigenvalue weighted by Gasteiger charge is 2.78. The van der Waals surface area contributed by atoms with Gasteiger partial charge in [-0.2, -0.15) is 0 Å². The molecule has 212 valence electrons. The van der Waals surface area contributed by atoms with Crippen LogP contribution in [-0.2, 0) is 32.1 Å². The van der Waals surface area contributed by atoms with Gasteiger partial charge in [-0.25, -0.2) is 0 Å². The second-order valence-corrected chi connectivity index (χ2v) is 11.6. The molecule has 8 heteroatoms. The fraction of sp³-hybridized carbons (Fsp3) is 0.364. The second-order valence-electron chi connectivity index (χ2n) is 11.6. The van der Waals surface area contributed by atoms with Gasteiger partial charge in [0.25, 0.3) is 0 Å². The van der Waals surface area contributed by atoms with Crippen LogP contribution in [0.15, 0.2) is 91.0 Å². The number of aliphatic hydroxyl groups excluding tert-OH is 1. The Hall–Kier alpha value is -4.01. The van der Waals surface area contributed by atoms with Gasteiger partial charge < -0.3 is 25.4 Å². The fourth-order valence-corrected chi connectivity index (χ4v) is 7.22. The molecule has 6 atom stereocenters. The lowest BCUT2D eigenvalue weighted by atomic mass is 9.66. The van der Waals surface area contributed by atoms with Gasteiger partial charge in [0.1, 0.15) is 11.6 Å². The molecule has 0 aliphatic carbocycles. The van der Waals surface area contributed by atoms with E-state index in [0.717, 1.165) is 11.1 Å². The van der Waals surface area contributed by atoms with Crippen molar-refractivity contribution in [2.75, 3.05) is 11.9 Å². The molecule has 3 fully saturated rings. The first-order chi connectivity index (χ1) is 19.9. The van der Waals surface area contributed by atoms with Crippen LogP contribution in [0.2, 0.25) is 0 Å². The summed E-state index contributed by atoms with van der Waals surface area (Å²) in [6.45, 7) is 1.83. The van der Waals surface area contributed by atoms with Crippen LogP contribution in [0.4, 0.5) is 5.69 Å². The maximum absolute atomic E-state index is 14.4. The van der Waals surface area contributed by atoms with Gasteiger partial charge in [0.05, 0.1) is 30.1 Å². The van der Waals surface area contributed by atoms with Crippen molar-refractivity contribution in [2.24, 2.45) is 11.8 Å². The van der Waals surface area contributed by atoms with Gasteiger partial charge in [0, 0.05) is 12.2 Å². The number of carbonyl (C=O) groups is 3. The van der Waals surface area contributed by atoms with Crippen molar-refractivity contribution in [1.29, 1.82) is 0 Å². The highest BCUT2D eigenvalue weighted by atomic mass is 16.5. The maximum atomic E-state index is 14.4. The first-order valence-corrected chi connectivity index (χ1v) is 14.2. The summed E-state index contributed by atoms with van der Waals surface area (Å²) in [6, 6.07) is 26.6. The number of amides is 3. The van der Waals surface area contributed by atoms with Crippen LogP contribution in [0, 0.1) is 11.8 Å². The Morgan fingerprint density at radius 3 is 2.17 bits per heavy atom. The standard InChI is InChI=1S/C33H35N3O5/c1-32-17-18-33(41-32)27(26(32)29(38)35-24-15-9-4-10-16-24)31(40)36(25(21-37)19-22-11-5-2-6-12-22)28(33)30(39)34-20-23-13-7-3-8-14-23/h2-16,25-28,37H,17-21H2,1H3,(H,34,39)(H,35,38)/t25-,26-,27+,28?,32+,33?/m1/s1. The molecule has 3 N–H and O–H groups in total. The summed E-state index contributed by atoms with van der Waals surface area (Å²) in [7, 11) is 0. The van der Waals surface area contributed by atoms with Crippen molar-refractivity contribution in [1.82, 2.24) is 10.2 Å². The van der Waals surface area contributed by atoms with Crippen molar-refractivity contribution < 1.29 is 24.2 Å². The lowest BCUT2D eigenvalue weighted by Crippen LogP contribution is -2.58. The topological polar surface area (TPSA) is 108 Å². The third kappa shape index (κ3) is 4.71. The molecule has 2 unspecified atom stereocenters. The summed E-state index contributed by atoms with van der Waals surface area (Å²) in [6.07, 6.45) is 1.38. The molecule has 1 spiro atoms. The SMILES string of the molecule is C[C@@]12CCC3(O1)C(C(=O)NCc1ccccc1)N([C@@H](CO)Cc1ccccc1)C(=O)[C@@H]3[C@@H]2C(=O)Nc1ccccc1. The molecule has 41 heavy (non-hydrogen) atoms. The lowest BCUT2D eigenvalue weighted by Gasteiger charge is -2.37. The van der Waals surface area contributed by atoms with E-state index in [2.05, 4.69) is 10.6 Å². The van der Waals surface area contributed by atoms with E-state index in [1.54, 1.807) is 12.1 Å². The number of ether oxygens (including phenoxy) is 1. The van der Waals surface area contributed by atoms with Crippen LogP contribution < -0.4 is 10.6 Å². The Kier molecular flexibility index (Phi) is 7.13. The van der Waals surface area contributed by atoms with Crippen LogP contribution in [-0.4, -0.2) is 57.6 Å². The summed E-state index contributed by atoms with van der Waals surface area (Å²) >= 11 is 0. The summed E-state index contributed by atoms with van der Waals surface area (Å²) < 4.78 is 6.71. The maximum Gasteiger partial charge on any atom is 0.246 e. The number of para-hydroxylation sites is 1. The summed E-state index contributed by atoms with van der Waals surface area (Å²) in [5.74, 6) is -2.59. The number of anilines is 1. The van der Waals surface area contributed by atoms with Gasteiger partial charge in [-0.1, -0.05) is 78.9 Å². The Labute approximate surface area is 239 Å². The summed E-state index contributed by atoms with van der Waals surface area (Å²) in [5, 5.41) is 16.6. The number of fused-ring (bicyclic) bond motifs is 1. The normalized spacial score (nSPS) is 28.8. The monoisotopic (exact) mass is 553 g/mol. The number of hydrogen-bond donors (Lipinski definition) is 3. The molecule has 0 aromatic heterocycles. The summed E-state index contributed by atoms with van der Waals surface area (Å²) in [5.41, 5.74) is 0.437. The molecule has 3 aliphatic heterocycles. The van der Waals surface area contributed by atoms with Crippen molar-refractivity contribution in [3.05, 3.63) is 102 Å². The molecule has 2 bridgehead atoms. The average molecular weight is 554 g/mol. The van der Waals surface area contributed by atoms with Crippen molar-refractivity contribution in [3.63, 3.8) is 0 Å². The smallest absolute Gasteiger partial charge is 0.246 e. The Morgan fingerprint density at radius 2 is 1.54 bits per heavy atom. The van der Waals surface area contributed by atoms with E-state index in [9.17, 15) is 19.5 Å². The van der Waals surface area contributed by atoms with E-state index in [1.807, 2.05) is 85.8 Å². The van der Waals surface area contributed by atoms with E-state index in [0.29, 0.717) is 24.9 Å². The quantitative estimate of drug-likeness (QED) is 0.377. The molecule has 3 amide bonds. The Bertz CT molecular complexity index is 1420. The third-order valence-electron chi connectivity index (χ3n) is 9.01. The Balaban J connectivity index is 1.36. The largest absolute Gasteiger partial charge is 0.394 e. The van der Waals surface area contributed by atoms with Crippen LogP contribution in [0.3, 0.4) is 0 Å². The highest BCUT2D eigenvalue weighted by molar-refractivity contribution is 6.02. The predicted octanol–water partition coefficient (Wildman–Crippen LogP) is 3.31. The van der Waals surface area contributed by atoms with Crippen LogP contribution >= 0.6 is 0 Å². The van der Waals surface area contributed by atoms with Gasteiger partial charge in [-0.3, -0.25) is 14.4 Å². The second kappa shape index (κ2) is 10.8. The van der Waals surface area contributed by atoms with Crippen LogP contribution in [0.25, 0.3) is 0 Å². The molecule has 3 aliphatic rings. The van der Waals surface area contributed by atoms with Crippen LogP contribution in [0.1, 0.15) is 30.9 Å². The predicted molar refractivity (Wildman–Crippen MR) is 153 cm³/mol. The van der Waals surface area contributed by atoms with Gasteiger partial charge >= 0.3 is 0 Å². The average Bonchev–Trinajstić information content (AvgIpc) is 3.57. The van der Waals surface area contributed by atoms with Crippen LogP contribution in [0.5, 0.6) is 0 Å². The first-order valence-electron chi connectivity index (χ1n) is 14.2. The summed E-state index contributed by atoms with van der Waals surface area (Å²) in [4.78, 5) is 43.8. The van der Waals surface area contributed by atoms with E-state index in [-0.39, 0.29) is 30.9 Å². The minimum atomic E-state index is -1.17. The minimum Gasteiger partial charge on any atom is -0.394 e. The molecule has 0 saturated carbocycles. The number of likely N-dealkylation sites (tertiary alicyclic amines) is 1. The van der Waals surface area contributed by atoms with Gasteiger partial charge in [-0.05, 0) is 49.4 Å². The minimum absolute atomic E-state index is 0.288. The zero-order valence-electron chi connectivity index (χ0n) is 23.0. The molecule has 3 aromatic rings. The molecule has 3 saturated heterocycles. The molecular weight excluding hydrogens is 518 g/mol. The highest BCUT2D eigenvalue weighted by Crippen LogP contribution is 2.63. The third-order valence-corrected chi connectivity index (χ3v) is 9.01. The lowest BCUT2D eigenvalue weighted by molar-refractivity contribution is -0.148. The molecule has 0 radical (unpaired) electrons. The number of hydrogen-bond acceptors (Lipinski definition) is 5. The zero-order valence-corrected chi connectivity index (χ0v) is 23.0.